The van der Waals surface area contributed by atoms with E-state index >= 15 is 0 Å². The Morgan fingerprint density at radius 1 is 0.952 bits per heavy atom. The van der Waals surface area contributed by atoms with Gasteiger partial charge in [-0.1, -0.05) is 24.3 Å². The zero-order chi connectivity index (χ0) is 15.1. The Hall–Kier alpha value is -0.910. The minimum absolute atomic E-state index is 0.856. The van der Waals surface area contributed by atoms with E-state index in [0.717, 1.165) is 10.6 Å². The summed E-state index contributed by atoms with van der Waals surface area (Å²) in [6.45, 7) is 0. The van der Waals surface area contributed by atoms with Crippen LogP contribution in [0.3, 0.4) is 0 Å². The molecule has 5 heteroatoms. The highest BCUT2D eigenvalue weighted by atomic mass is 32.2. The summed E-state index contributed by atoms with van der Waals surface area (Å²) in [5, 5.41) is 2.98. The van der Waals surface area contributed by atoms with E-state index in [1.54, 1.807) is 6.26 Å². The van der Waals surface area contributed by atoms with Crippen LogP contribution in [-0.2, 0) is 10.8 Å². The second-order valence-electron chi connectivity index (χ2n) is 4.34. The van der Waals surface area contributed by atoms with Crippen molar-refractivity contribution in [3.05, 3.63) is 48.5 Å². The van der Waals surface area contributed by atoms with Gasteiger partial charge in [-0.3, -0.25) is 4.21 Å². The average Bonchev–Trinajstić information content (AvgIpc) is 2.55. The molecule has 0 aromatic heterocycles. The Balaban J connectivity index is 0.000000154. The van der Waals surface area contributed by atoms with Gasteiger partial charge in [0, 0.05) is 34.6 Å². The Kier molecular flexibility index (Phi) is 6.67. The van der Waals surface area contributed by atoms with Crippen molar-refractivity contribution >= 4 is 40.0 Å². The van der Waals surface area contributed by atoms with Gasteiger partial charge in [0.2, 0.25) is 0 Å². The Morgan fingerprint density at radius 2 is 1.48 bits per heavy atom. The molecule has 0 spiro atoms. The second-order valence-corrected chi connectivity index (χ2v) is 7.97. The maximum atomic E-state index is 11.1. The van der Waals surface area contributed by atoms with E-state index < -0.39 is 10.8 Å². The number of benzene rings is 2. The molecule has 0 fully saturated rings. The van der Waals surface area contributed by atoms with Crippen molar-refractivity contribution in [1.29, 1.82) is 0 Å². The monoisotopic (exact) mass is 337 g/mol. The van der Waals surface area contributed by atoms with Crippen LogP contribution in [0.5, 0.6) is 0 Å². The molecule has 21 heavy (non-hydrogen) atoms. The molecule has 2 aromatic rings. The zero-order valence-corrected chi connectivity index (χ0v) is 14.6. The summed E-state index contributed by atoms with van der Waals surface area (Å²) in [7, 11) is 0.922. The smallest absolute Gasteiger partial charge is 0.0616 e. The predicted octanol–water partition coefficient (Wildman–Crippen LogP) is 4.35. The fourth-order valence-electron chi connectivity index (χ4n) is 1.92. The standard InChI is InChI=1S/C8H11NOS.C8H8S2/c1-9-7-5-3-4-6-8(7)11(2)10;1-2-4-8-7(3-1)9-5-6-10-8/h3-6,9H,1-2H3;1-4H,5-6H2. The van der Waals surface area contributed by atoms with Crippen molar-refractivity contribution in [2.75, 3.05) is 30.1 Å². The number of hydrogen-bond acceptors (Lipinski definition) is 4. The van der Waals surface area contributed by atoms with E-state index in [1.165, 1.54) is 21.3 Å². The van der Waals surface area contributed by atoms with Gasteiger partial charge >= 0.3 is 0 Å². The summed E-state index contributed by atoms with van der Waals surface area (Å²) < 4.78 is 11.1. The molecular weight excluding hydrogens is 318 g/mol. The Bertz CT molecular complexity index is 591. The number of fused-ring (bicyclic) bond motifs is 1. The van der Waals surface area contributed by atoms with E-state index in [9.17, 15) is 4.21 Å². The SMILES string of the molecule is CNc1ccccc1S(C)=O.c1ccc2c(c1)SCCS2. The summed E-state index contributed by atoms with van der Waals surface area (Å²) in [5.74, 6) is 2.53. The van der Waals surface area contributed by atoms with Crippen LogP contribution in [0, 0.1) is 0 Å². The first-order valence-corrected chi connectivity index (χ1v) is 10.2. The third kappa shape index (κ3) is 4.80. The molecule has 0 saturated carbocycles. The lowest BCUT2D eigenvalue weighted by Crippen LogP contribution is -1.95. The van der Waals surface area contributed by atoms with Crippen LogP contribution in [0.2, 0.25) is 0 Å². The van der Waals surface area contributed by atoms with Crippen LogP contribution < -0.4 is 5.32 Å². The number of thioether (sulfide) groups is 2. The van der Waals surface area contributed by atoms with Crippen LogP contribution in [-0.4, -0.2) is 29.0 Å². The van der Waals surface area contributed by atoms with Gasteiger partial charge in [0.15, 0.2) is 0 Å². The molecule has 2 nitrogen and oxygen atoms in total. The molecule has 1 aliphatic rings. The van der Waals surface area contributed by atoms with Crippen molar-refractivity contribution < 1.29 is 4.21 Å². The minimum atomic E-state index is -0.903. The summed E-state index contributed by atoms with van der Waals surface area (Å²) in [4.78, 5) is 3.77. The van der Waals surface area contributed by atoms with Gasteiger partial charge in [0.25, 0.3) is 0 Å². The van der Waals surface area contributed by atoms with E-state index in [0.29, 0.717) is 0 Å². The predicted molar refractivity (Wildman–Crippen MR) is 96.2 cm³/mol. The van der Waals surface area contributed by atoms with Gasteiger partial charge < -0.3 is 5.32 Å². The molecule has 1 heterocycles. The maximum absolute atomic E-state index is 11.1. The molecule has 1 N–H and O–H groups in total. The van der Waals surface area contributed by atoms with E-state index in [-0.39, 0.29) is 0 Å². The lowest BCUT2D eigenvalue weighted by molar-refractivity contribution is 0.687. The quantitative estimate of drug-likeness (QED) is 0.882. The maximum Gasteiger partial charge on any atom is 0.0616 e. The number of para-hydroxylation sites is 1. The van der Waals surface area contributed by atoms with Crippen LogP contribution in [0.1, 0.15) is 0 Å². The Morgan fingerprint density at radius 3 is 1.95 bits per heavy atom. The Labute approximate surface area is 137 Å². The van der Waals surface area contributed by atoms with Crippen LogP contribution >= 0.6 is 23.5 Å². The first-order chi connectivity index (χ1) is 10.2. The summed E-state index contributed by atoms with van der Waals surface area (Å²) in [6, 6.07) is 16.2. The number of nitrogens with one attached hydrogen (secondary N) is 1. The number of rotatable bonds is 2. The fraction of sp³-hybridized carbons (Fsp3) is 0.250. The summed E-state index contributed by atoms with van der Waals surface area (Å²) >= 11 is 3.94. The lowest BCUT2D eigenvalue weighted by atomic mass is 10.3. The summed E-state index contributed by atoms with van der Waals surface area (Å²) in [6.07, 6.45) is 1.68. The fourth-order valence-corrected chi connectivity index (χ4v) is 4.90. The third-order valence-electron chi connectivity index (χ3n) is 2.91. The molecule has 0 aliphatic carbocycles. The van der Waals surface area contributed by atoms with E-state index in [1.807, 2.05) is 54.8 Å². The number of anilines is 1. The second kappa shape index (κ2) is 8.51. The molecule has 0 bridgehead atoms. The van der Waals surface area contributed by atoms with Gasteiger partial charge in [-0.2, -0.15) is 0 Å². The van der Waals surface area contributed by atoms with Crippen LogP contribution in [0.25, 0.3) is 0 Å². The van der Waals surface area contributed by atoms with Gasteiger partial charge in [-0.15, -0.1) is 23.5 Å². The highest BCUT2D eigenvalue weighted by Crippen LogP contribution is 2.35. The number of hydrogen-bond donors (Lipinski definition) is 1. The molecule has 2 aromatic carbocycles. The molecule has 0 radical (unpaired) electrons. The minimum Gasteiger partial charge on any atom is -0.387 e. The molecule has 3 rings (SSSR count). The molecule has 1 aliphatic heterocycles. The molecule has 0 saturated heterocycles. The van der Waals surface area contributed by atoms with Crippen molar-refractivity contribution in [3.63, 3.8) is 0 Å². The van der Waals surface area contributed by atoms with E-state index in [4.69, 9.17) is 0 Å². The highest BCUT2D eigenvalue weighted by molar-refractivity contribution is 8.05. The lowest BCUT2D eigenvalue weighted by Gasteiger charge is -2.12. The summed E-state index contributed by atoms with van der Waals surface area (Å²) in [5.41, 5.74) is 0.938. The largest absolute Gasteiger partial charge is 0.387 e. The molecular formula is C16H19NOS3. The first kappa shape index (κ1) is 16.5. The molecule has 1 atom stereocenters. The van der Waals surface area contributed by atoms with Crippen LogP contribution in [0.4, 0.5) is 5.69 Å². The zero-order valence-electron chi connectivity index (χ0n) is 12.2. The van der Waals surface area contributed by atoms with Crippen molar-refractivity contribution in [3.8, 4) is 0 Å². The topological polar surface area (TPSA) is 29.1 Å². The van der Waals surface area contributed by atoms with Gasteiger partial charge in [0.05, 0.1) is 21.4 Å². The van der Waals surface area contributed by atoms with Crippen molar-refractivity contribution in [2.45, 2.75) is 14.7 Å². The van der Waals surface area contributed by atoms with E-state index in [2.05, 4.69) is 29.6 Å². The third-order valence-corrected chi connectivity index (χ3v) is 6.43. The van der Waals surface area contributed by atoms with Gasteiger partial charge in [-0.25, -0.2) is 0 Å². The molecule has 0 amide bonds. The average molecular weight is 338 g/mol. The van der Waals surface area contributed by atoms with Crippen molar-refractivity contribution in [2.24, 2.45) is 0 Å². The highest BCUT2D eigenvalue weighted by Gasteiger charge is 2.07. The first-order valence-electron chi connectivity index (χ1n) is 6.67. The van der Waals surface area contributed by atoms with Gasteiger partial charge in [-0.05, 0) is 24.3 Å². The molecule has 112 valence electrons. The van der Waals surface area contributed by atoms with Crippen molar-refractivity contribution in [1.82, 2.24) is 0 Å². The van der Waals surface area contributed by atoms with Crippen LogP contribution in [0.15, 0.2) is 63.2 Å². The van der Waals surface area contributed by atoms with Gasteiger partial charge in [0.1, 0.15) is 0 Å². The molecule has 1 unspecified atom stereocenters. The normalized spacial score (nSPS) is 14.4.